The van der Waals surface area contributed by atoms with Crippen molar-refractivity contribution in [2.75, 3.05) is 0 Å². The lowest BCUT2D eigenvalue weighted by atomic mass is 9.76. The van der Waals surface area contributed by atoms with Crippen LogP contribution in [0.2, 0.25) is 0 Å². The van der Waals surface area contributed by atoms with Crippen molar-refractivity contribution in [3.05, 3.63) is 11.6 Å². The van der Waals surface area contributed by atoms with Gasteiger partial charge in [-0.1, -0.05) is 26.7 Å². The fourth-order valence-corrected chi connectivity index (χ4v) is 2.63. The highest BCUT2D eigenvalue weighted by Gasteiger charge is 2.38. The molecule has 0 saturated heterocycles. The second kappa shape index (κ2) is 5.31. The van der Waals surface area contributed by atoms with E-state index < -0.39 is 11.4 Å². The van der Waals surface area contributed by atoms with Gasteiger partial charge in [0.15, 0.2) is 5.82 Å². The fraction of sp³-hybridized carbons (Fsp3) is 0.786. The smallest absolute Gasteiger partial charge is 0.310 e. The second-order valence-corrected chi connectivity index (χ2v) is 6.18. The van der Waals surface area contributed by atoms with Crippen LogP contribution in [0.4, 0.5) is 0 Å². The Morgan fingerprint density at radius 3 is 2.63 bits per heavy atom. The monoisotopic (exact) mass is 265 g/mol. The summed E-state index contributed by atoms with van der Waals surface area (Å²) in [7, 11) is 0. The van der Waals surface area contributed by atoms with Crippen molar-refractivity contribution >= 4 is 5.97 Å². The summed E-state index contributed by atoms with van der Waals surface area (Å²) in [4.78, 5) is 16.0. The molecule has 1 aromatic heterocycles. The Morgan fingerprint density at radius 2 is 2.11 bits per heavy atom. The minimum atomic E-state index is -0.799. The number of carboxylic acid groups (broad SMARTS) is 1. The summed E-state index contributed by atoms with van der Waals surface area (Å²) < 4.78 is 0. The van der Waals surface area contributed by atoms with Crippen LogP contribution in [-0.4, -0.2) is 26.3 Å². The lowest BCUT2D eigenvalue weighted by Gasteiger charge is -2.27. The number of carboxylic acids is 1. The van der Waals surface area contributed by atoms with Crippen LogP contribution >= 0.6 is 0 Å². The molecule has 0 spiro atoms. The Bertz CT molecular complexity index is 449. The normalized spacial score (nSPS) is 19.8. The fourth-order valence-electron chi connectivity index (χ4n) is 2.63. The Morgan fingerprint density at radius 1 is 1.47 bits per heavy atom. The molecule has 1 atom stereocenters. The van der Waals surface area contributed by atoms with Crippen molar-refractivity contribution in [2.45, 2.75) is 58.8 Å². The second-order valence-electron chi connectivity index (χ2n) is 6.18. The van der Waals surface area contributed by atoms with E-state index in [1.165, 1.54) is 12.8 Å². The van der Waals surface area contributed by atoms with Crippen molar-refractivity contribution in [3.8, 4) is 0 Å². The predicted octanol–water partition coefficient (Wildman–Crippen LogP) is 2.75. The maximum absolute atomic E-state index is 11.5. The van der Waals surface area contributed by atoms with Crippen LogP contribution in [0.25, 0.3) is 0 Å². The molecule has 1 unspecified atom stereocenters. The third kappa shape index (κ3) is 2.80. The van der Waals surface area contributed by atoms with Crippen molar-refractivity contribution in [1.29, 1.82) is 0 Å². The van der Waals surface area contributed by atoms with Gasteiger partial charge in [0.25, 0.3) is 0 Å². The minimum Gasteiger partial charge on any atom is -0.481 e. The molecule has 1 fully saturated rings. The standard InChI is InChI=1S/C14H23N3O2/c1-9(2)14(3,13(18)19)8-11-15-12(17-16-11)10-6-4-5-7-10/h9-10H,4-8H2,1-3H3,(H,18,19)(H,15,16,17). The van der Waals surface area contributed by atoms with E-state index in [1.807, 2.05) is 13.8 Å². The third-order valence-electron chi connectivity index (χ3n) is 4.57. The van der Waals surface area contributed by atoms with Crippen molar-refractivity contribution in [1.82, 2.24) is 15.2 Å². The quantitative estimate of drug-likeness (QED) is 0.858. The molecule has 1 aliphatic rings. The predicted molar refractivity (Wildman–Crippen MR) is 71.9 cm³/mol. The molecule has 1 aromatic rings. The first-order chi connectivity index (χ1) is 8.93. The highest BCUT2D eigenvalue weighted by atomic mass is 16.4. The molecule has 1 aliphatic carbocycles. The summed E-state index contributed by atoms with van der Waals surface area (Å²) in [6, 6.07) is 0. The van der Waals surface area contributed by atoms with Crippen LogP contribution < -0.4 is 0 Å². The molecule has 0 radical (unpaired) electrons. The molecule has 19 heavy (non-hydrogen) atoms. The molecule has 0 bridgehead atoms. The van der Waals surface area contributed by atoms with Crippen LogP contribution in [0.1, 0.15) is 64.0 Å². The van der Waals surface area contributed by atoms with Gasteiger partial charge in [0.05, 0.1) is 5.41 Å². The van der Waals surface area contributed by atoms with Crippen molar-refractivity contribution < 1.29 is 9.90 Å². The van der Waals surface area contributed by atoms with Gasteiger partial charge in [0.1, 0.15) is 5.82 Å². The summed E-state index contributed by atoms with van der Waals surface area (Å²) in [6.45, 7) is 5.64. The summed E-state index contributed by atoms with van der Waals surface area (Å²) in [5.74, 6) is 1.29. The van der Waals surface area contributed by atoms with Crippen LogP contribution in [0, 0.1) is 11.3 Å². The lowest BCUT2D eigenvalue weighted by molar-refractivity contribution is -0.150. The number of H-pyrrole nitrogens is 1. The number of carbonyl (C=O) groups is 1. The number of nitrogens with one attached hydrogen (secondary N) is 1. The zero-order valence-electron chi connectivity index (χ0n) is 11.9. The van der Waals surface area contributed by atoms with Gasteiger partial charge in [0, 0.05) is 12.3 Å². The van der Waals surface area contributed by atoms with E-state index in [9.17, 15) is 9.90 Å². The molecule has 1 saturated carbocycles. The topological polar surface area (TPSA) is 78.9 Å². The molecular formula is C14H23N3O2. The van der Waals surface area contributed by atoms with Crippen LogP contribution in [0.5, 0.6) is 0 Å². The maximum atomic E-state index is 11.5. The molecule has 1 heterocycles. The highest BCUT2D eigenvalue weighted by molar-refractivity contribution is 5.74. The number of aromatic amines is 1. The van der Waals surface area contributed by atoms with Crippen LogP contribution in [0.15, 0.2) is 0 Å². The number of rotatable bonds is 5. The molecule has 0 amide bonds. The summed E-state index contributed by atoms with van der Waals surface area (Å²) >= 11 is 0. The molecular weight excluding hydrogens is 242 g/mol. The van der Waals surface area contributed by atoms with Gasteiger partial charge < -0.3 is 5.11 Å². The van der Waals surface area contributed by atoms with E-state index in [2.05, 4.69) is 15.2 Å². The molecule has 106 valence electrons. The SMILES string of the molecule is CC(C)C(C)(Cc1nc(C2CCCC2)n[nH]1)C(=O)O. The first kappa shape index (κ1) is 14.0. The van der Waals surface area contributed by atoms with Gasteiger partial charge in [-0.25, -0.2) is 4.98 Å². The van der Waals surface area contributed by atoms with Gasteiger partial charge in [0.2, 0.25) is 0 Å². The lowest BCUT2D eigenvalue weighted by Crippen LogP contribution is -2.35. The number of hydrogen-bond acceptors (Lipinski definition) is 3. The van der Waals surface area contributed by atoms with Gasteiger partial charge in [-0.3, -0.25) is 9.89 Å². The summed E-state index contributed by atoms with van der Waals surface area (Å²) in [5, 5.41) is 16.6. The highest BCUT2D eigenvalue weighted by Crippen LogP contribution is 2.34. The zero-order valence-corrected chi connectivity index (χ0v) is 11.9. The van der Waals surface area contributed by atoms with Gasteiger partial charge in [-0.2, -0.15) is 5.10 Å². The van der Waals surface area contributed by atoms with Crippen LogP contribution in [0.3, 0.4) is 0 Å². The molecule has 0 aliphatic heterocycles. The van der Waals surface area contributed by atoms with Gasteiger partial charge in [-0.05, 0) is 25.7 Å². The Labute approximate surface area is 113 Å². The van der Waals surface area contributed by atoms with Gasteiger partial charge >= 0.3 is 5.97 Å². The van der Waals surface area contributed by atoms with E-state index in [-0.39, 0.29) is 5.92 Å². The number of aromatic nitrogens is 3. The van der Waals surface area contributed by atoms with Crippen molar-refractivity contribution in [2.24, 2.45) is 11.3 Å². The third-order valence-corrected chi connectivity index (χ3v) is 4.57. The first-order valence-electron chi connectivity index (χ1n) is 7.08. The van der Waals surface area contributed by atoms with E-state index in [0.29, 0.717) is 18.2 Å². The average Bonchev–Trinajstić information content (AvgIpc) is 2.97. The average molecular weight is 265 g/mol. The van der Waals surface area contributed by atoms with Crippen molar-refractivity contribution in [3.63, 3.8) is 0 Å². The number of nitrogens with zero attached hydrogens (tertiary/aromatic N) is 2. The summed E-state index contributed by atoms with van der Waals surface area (Å²) in [6.07, 6.45) is 5.19. The van der Waals surface area contributed by atoms with E-state index in [0.717, 1.165) is 18.7 Å². The Kier molecular flexibility index (Phi) is 3.92. The number of hydrogen-bond donors (Lipinski definition) is 2. The van der Waals surface area contributed by atoms with E-state index >= 15 is 0 Å². The molecule has 5 nitrogen and oxygen atoms in total. The molecule has 2 N–H and O–H groups in total. The molecule has 2 rings (SSSR count). The van der Waals surface area contributed by atoms with Gasteiger partial charge in [-0.15, -0.1) is 0 Å². The first-order valence-corrected chi connectivity index (χ1v) is 7.08. The van der Waals surface area contributed by atoms with E-state index in [4.69, 9.17) is 0 Å². The largest absolute Gasteiger partial charge is 0.481 e. The number of aliphatic carboxylic acids is 1. The summed E-state index contributed by atoms with van der Waals surface area (Å²) in [5.41, 5.74) is -0.799. The molecule has 0 aromatic carbocycles. The minimum absolute atomic E-state index is 0.0463. The maximum Gasteiger partial charge on any atom is 0.310 e. The molecule has 5 heteroatoms. The van der Waals surface area contributed by atoms with E-state index in [1.54, 1.807) is 6.92 Å². The Balaban J connectivity index is 2.12. The zero-order chi connectivity index (χ0) is 14.0. The van der Waals surface area contributed by atoms with Crippen LogP contribution in [-0.2, 0) is 11.2 Å². The Hall–Kier alpha value is -1.39.